The van der Waals surface area contributed by atoms with Crippen LogP contribution in [0.1, 0.15) is 24.1 Å². The number of hydrogen-bond acceptors (Lipinski definition) is 6. The zero-order chi connectivity index (χ0) is 18.4. The monoisotopic (exact) mass is 363 g/mol. The third-order valence-corrected chi connectivity index (χ3v) is 5.08. The summed E-state index contributed by atoms with van der Waals surface area (Å²) in [6.07, 6.45) is 3.13. The molecule has 7 heteroatoms. The molecule has 0 bridgehead atoms. The molecule has 2 aromatic heterocycles. The number of fused-ring (bicyclic) bond motifs is 1. The van der Waals surface area contributed by atoms with Gasteiger partial charge in [0.1, 0.15) is 5.82 Å². The minimum atomic E-state index is -0.651. The minimum Gasteiger partial charge on any atom is -0.454 e. The lowest BCUT2D eigenvalue weighted by Gasteiger charge is -2.13. The van der Waals surface area contributed by atoms with Crippen LogP contribution < -0.4 is 14.8 Å². The molecule has 0 spiro atoms. The average molecular weight is 363 g/mol. The number of rotatable bonds is 4. The first-order valence-corrected chi connectivity index (χ1v) is 8.76. The van der Waals surface area contributed by atoms with Gasteiger partial charge in [-0.2, -0.15) is 0 Å². The zero-order valence-corrected chi connectivity index (χ0v) is 14.7. The van der Waals surface area contributed by atoms with Crippen LogP contribution in [0.15, 0.2) is 47.1 Å². The third-order valence-electron chi connectivity index (χ3n) is 5.08. The topological polar surface area (TPSA) is 86.5 Å². The highest BCUT2D eigenvalue weighted by Crippen LogP contribution is 2.49. The Morgan fingerprint density at radius 1 is 1.15 bits per heavy atom. The van der Waals surface area contributed by atoms with Crippen molar-refractivity contribution in [3.8, 4) is 22.8 Å². The molecule has 3 aromatic rings. The average Bonchev–Trinajstić information content (AvgIpc) is 3.13. The van der Waals surface area contributed by atoms with Crippen LogP contribution in [0.25, 0.3) is 11.3 Å². The second-order valence-electron chi connectivity index (χ2n) is 6.85. The Labute approximate surface area is 155 Å². The van der Waals surface area contributed by atoms with Gasteiger partial charge in [-0.3, -0.25) is 4.79 Å². The Kier molecular flexibility index (Phi) is 3.43. The molecule has 27 heavy (non-hydrogen) atoms. The molecule has 0 atom stereocenters. The standard InChI is InChI=1S/C20H17N3O4/c1-12-3-2-8-21-18(12)22-19(24)20(6-7-20)17-10-15(27-23-17)13-4-5-14-16(9-13)26-11-25-14/h2-5,8-10H,6-7,11H2,1H3,(H,21,22,24). The second-order valence-corrected chi connectivity index (χ2v) is 6.85. The molecule has 1 N–H and O–H groups in total. The van der Waals surface area contributed by atoms with Gasteiger partial charge in [-0.15, -0.1) is 0 Å². The third kappa shape index (κ3) is 2.63. The molecule has 136 valence electrons. The van der Waals surface area contributed by atoms with Gasteiger partial charge in [-0.25, -0.2) is 4.98 Å². The summed E-state index contributed by atoms with van der Waals surface area (Å²) in [7, 11) is 0. The van der Waals surface area contributed by atoms with Crippen LogP contribution in [0.3, 0.4) is 0 Å². The Hall–Kier alpha value is -3.35. The van der Waals surface area contributed by atoms with Crippen LogP contribution in [-0.4, -0.2) is 22.8 Å². The fraction of sp³-hybridized carbons (Fsp3) is 0.250. The number of aryl methyl sites for hydroxylation is 1. The largest absolute Gasteiger partial charge is 0.454 e. The van der Waals surface area contributed by atoms with E-state index < -0.39 is 5.41 Å². The normalized spacial score (nSPS) is 16.2. The maximum atomic E-state index is 12.9. The molecule has 1 aliphatic heterocycles. The molecule has 1 aliphatic carbocycles. The number of ether oxygens (including phenoxy) is 2. The SMILES string of the molecule is Cc1cccnc1NC(=O)C1(c2cc(-c3ccc4c(c3)OCO4)on2)CC1. The lowest BCUT2D eigenvalue weighted by molar-refractivity contribution is -0.118. The Balaban J connectivity index is 1.40. The van der Waals surface area contributed by atoms with Gasteiger partial charge >= 0.3 is 0 Å². The van der Waals surface area contributed by atoms with E-state index in [9.17, 15) is 4.79 Å². The number of nitrogens with one attached hydrogen (secondary N) is 1. The van der Waals surface area contributed by atoms with E-state index in [1.807, 2.05) is 43.3 Å². The van der Waals surface area contributed by atoms with E-state index in [1.54, 1.807) is 6.20 Å². The molecule has 1 saturated carbocycles. The van der Waals surface area contributed by atoms with E-state index in [-0.39, 0.29) is 12.7 Å². The molecule has 1 fully saturated rings. The first-order valence-electron chi connectivity index (χ1n) is 8.76. The molecule has 2 aliphatic rings. The number of carbonyl (C=O) groups excluding carboxylic acids is 1. The van der Waals surface area contributed by atoms with Gasteiger partial charge in [0.2, 0.25) is 12.7 Å². The van der Waals surface area contributed by atoms with Crippen LogP contribution in [-0.2, 0) is 10.2 Å². The number of nitrogens with zero attached hydrogens (tertiary/aromatic N) is 2. The summed E-state index contributed by atoms with van der Waals surface area (Å²) in [5.74, 6) is 2.46. The summed E-state index contributed by atoms with van der Waals surface area (Å²) < 4.78 is 16.3. The van der Waals surface area contributed by atoms with E-state index in [0.717, 1.165) is 24.0 Å². The number of anilines is 1. The Bertz CT molecular complexity index is 1040. The molecule has 0 unspecified atom stereocenters. The first-order chi connectivity index (χ1) is 13.2. The lowest BCUT2D eigenvalue weighted by Crippen LogP contribution is -2.28. The molecule has 5 rings (SSSR count). The molecule has 0 radical (unpaired) electrons. The van der Waals surface area contributed by atoms with E-state index in [4.69, 9.17) is 14.0 Å². The number of amides is 1. The van der Waals surface area contributed by atoms with Crippen LogP contribution in [0, 0.1) is 6.92 Å². The molecule has 1 amide bonds. The predicted molar refractivity (Wildman–Crippen MR) is 96.6 cm³/mol. The summed E-state index contributed by atoms with van der Waals surface area (Å²) >= 11 is 0. The Morgan fingerprint density at radius 3 is 2.81 bits per heavy atom. The summed E-state index contributed by atoms with van der Waals surface area (Å²) in [6.45, 7) is 2.13. The van der Waals surface area contributed by atoms with Gasteiger partial charge < -0.3 is 19.3 Å². The van der Waals surface area contributed by atoms with E-state index in [0.29, 0.717) is 28.8 Å². The molecular formula is C20H17N3O4. The molecule has 0 saturated heterocycles. The number of aromatic nitrogens is 2. The van der Waals surface area contributed by atoms with Gasteiger partial charge in [0, 0.05) is 17.8 Å². The maximum Gasteiger partial charge on any atom is 0.237 e. The van der Waals surface area contributed by atoms with Gasteiger partial charge in [0.25, 0.3) is 0 Å². The van der Waals surface area contributed by atoms with Crippen LogP contribution >= 0.6 is 0 Å². The summed E-state index contributed by atoms with van der Waals surface area (Å²) in [4.78, 5) is 17.1. The van der Waals surface area contributed by atoms with Crippen LogP contribution in [0.2, 0.25) is 0 Å². The van der Waals surface area contributed by atoms with Gasteiger partial charge in [-0.1, -0.05) is 11.2 Å². The lowest BCUT2D eigenvalue weighted by atomic mass is 10.00. The Morgan fingerprint density at radius 2 is 2.00 bits per heavy atom. The fourth-order valence-electron chi connectivity index (χ4n) is 3.25. The van der Waals surface area contributed by atoms with Crippen molar-refractivity contribution in [1.82, 2.24) is 10.1 Å². The van der Waals surface area contributed by atoms with Gasteiger partial charge in [0.15, 0.2) is 17.3 Å². The predicted octanol–water partition coefficient (Wildman–Crippen LogP) is 3.44. The maximum absolute atomic E-state index is 12.9. The summed E-state index contributed by atoms with van der Waals surface area (Å²) in [5.41, 5.74) is 1.74. The molecule has 1 aromatic carbocycles. The van der Waals surface area contributed by atoms with E-state index >= 15 is 0 Å². The highest BCUT2D eigenvalue weighted by molar-refractivity contribution is 6.01. The number of hydrogen-bond donors (Lipinski definition) is 1. The highest BCUT2D eigenvalue weighted by Gasteiger charge is 2.54. The fourth-order valence-corrected chi connectivity index (χ4v) is 3.25. The number of carbonyl (C=O) groups is 1. The van der Waals surface area contributed by atoms with Crippen LogP contribution in [0.5, 0.6) is 11.5 Å². The van der Waals surface area contributed by atoms with Crippen molar-refractivity contribution in [2.24, 2.45) is 0 Å². The van der Waals surface area contributed by atoms with E-state index in [1.165, 1.54) is 0 Å². The highest BCUT2D eigenvalue weighted by atomic mass is 16.7. The van der Waals surface area contributed by atoms with Crippen molar-refractivity contribution in [1.29, 1.82) is 0 Å². The van der Waals surface area contributed by atoms with Crippen LogP contribution in [0.4, 0.5) is 5.82 Å². The number of benzene rings is 1. The van der Waals surface area contributed by atoms with Gasteiger partial charge in [-0.05, 0) is 49.6 Å². The molecule has 3 heterocycles. The van der Waals surface area contributed by atoms with E-state index in [2.05, 4.69) is 15.5 Å². The van der Waals surface area contributed by atoms with Crippen molar-refractivity contribution >= 4 is 11.7 Å². The smallest absolute Gasteiger partial charge is 0.237 e. The zero-order valence-electron chi connectivity index (χ0n) is 14.7. The first kappa shape index (κ1) is 15.9. The minimum absolute atomic E-state index is 0.102. The van der Waals surface area contributed by atoms with Gasteiger partial charge in [0.05, 0.1) is 11.1 Å². The molecule has 7 nitrogen and oxygen atoms in total. The second kappa shape index (κ2) is 5.84. The van der Waals surface area contributed by atoms with Crippen molar-refractivity contribution in [3.05, 3.63) is 53.9 Å². The summed E-state index contributed by atoms with van der Waals surface area (Å²) in [6, 6.07) is 11.2. The molecular weight excluding hydrogens is 346 g/mol. The summed E-state index contributed by atoms with van der Waals surface area (Å²) in [5, 5.41) is 7.10. The number of pyridine rings is 1. The van der Waals surface area contributed by atoms with Crippen molar-refractivity contribution in [2.45, 2.75) is 25.2 Å². The quantitative estimate of drug-likeness (QED) is 0.764. The van der Waals surface area contributed by atoms with Crippen molar-refractivity contribution < 1.29 is 18.8 Å². The van der Waals surface area contributed by atoms with Crippen molar-refractivity contribution in [3.63, 3.8) is 0 Å². The van der Waals surface area contributed by atoms with Crippen molar-refractivity contribution in [2.75, 3.05) is 12.1 Å².